The summed E-state index contributed by atoms with van der Waals surface area (Å²) in [6.45, 7) is 4.08. The third kappa shape index (κ3) is 4.01. The Kier molecular flexibility index (Phi) is 5.45. The summed E-state index contributed by atoms with van der Waals surface area (Å²) in [5, 5.41) is 0.445. The number of aromatic nitrogens is 3. The van der Waals surface area contributed by atoms with Gasteiger partial charge in [0, 0.05) is 12.1 Å². The Bertz CT molecular complexity index is 904. The highest BCUT2D eigenvalue weighted by Gasteiger charge is 2.14. The largest absolute Gasteiger partial charge is 0.493 e. The summed E-state index contributed by atoms with van der Waals surface area (Å²) >= 11 is 6.12. The summed E-state index contributed by atoms with van der Waals surface area (Å²) in [5.74, 6) is 2.12. The number of piperidine rings is 1. The van der Waals surface area contributed by atoms with E-state index >= 15 is 0 Å². The maximum atomic E-state index is 6.12. The van der Waals surface area contributed by atoms with Crippen LogP contribution in [0.1, 0.15) is 19.3 Å². The molecule has 0 aliphatic carbocycles. The lowest BCUT2D eigenvalue weighted by molar-refractivity contribution is 0.183. The molecule has 0 amide bonds. The van der Waals surface area contributed by atoms with Crippen LogP contribution in [0.3, 0.4) is 0 Å². The molecule has 1 fully saturated rings. The first kappa shape index (κ1) is 18.1. The molecule has 1 aliphatic rings. The number of aromatic amines is 1. The monoisotopic (exact) mass is 386 g/mol. The lowest BCUT2D eigenvalue weighted by Gasteiger charge is -2.26. The molecule has 1 saturated heterocycles. The van der Waals surface area contributed by atoms with E-state index in [1.165, 1.54) is 32.4 Å². The van der Waals surface area contributed by atoms with Crippen molar-refractivity contribution < 1.29 is 9.47 Å². The predicted molar refractivity (Wildman–Crippen MR) is 107 cm³/mol. The quantitative estimate of drug-likeness (QED) is 0.689. The van der Waals surface area contributed by atoms with Crippen LogP contribution in [0.2, 0.25) is 5.02 Å². The second-order valence-corrected chi connectivity index (χ2v) is 7.10. The first-order valence-electron chi connectivity index (χ1n) is 9.28. The third-order valence-corrected chi connectivity index (χ3v) is 5.15. The van der Waals surface area contributed by atoms with Crippen molar-refractivity contribution in [1.82, 2.24) is 19.9 Å². The number of hydrogen-bond acceptors (Lipinski definition) is 5. The van der Waals surface area contributed by atoms with Crippen LogP contribution >= 0.6 is 11.6 Å². The molecule has 1 aliphatic heterocycles. The van der Waals surface area contributed by atoms with Crippen LogP contribution in [0.4, 0.5) is 0 Å². The van der Waals surface area contributed by atoms with E-state index < -0.39 is 0 Å². The molecule has 0 saturated carbocycles. The lowest BCUT2D eigenvalue weighted by Crippen LogP contribution is -2.33. The number of H-pyrrole nitrogens is 1. The van der Waals surface area contributed by atoms with Gasteiger partial charge in [-0.25, -0.2) is 9.97 Å². The molecule has 7 heteroatoms. The highest BCUT2D eigenvalue weighted by molar-refractivity contribution is 6.32. The van der Waals surface area contributed by atoms with Gasteiger partial charge in [-0.3, -0.25) is 4.90 Å². The lowest BCUT2D eigenvalue weighted by atomic mass is 10.1. The van der Waals surface area contributed by atoms with Gasteiger partial charge in [0.2, 0.25) is 0 Å². The van der Waals surface area contributed by atoms with Crippen molar-refractivity contribution in [3.63, 3.8) is 0 Å². The Morgan fingerprint density at radius 2 is 1.93 bits per heavy atom. The van der Waals surface area contributed by atoms with Gasteiger partial charge >= 0.3 is 0 Å². The Morgan fingerprint density at radius 3 is 2.67 bits per heavy atom. The number of pyridine rings is 1. The van der Waals surface area contributed by atoms with E-state index in [2.05, 4.69) is 19.9 Å². The van der Waals surface area contributed by atoms with E-state index in [-0.39, 0.29) is 0 Å². The van der Waals surface area contributed by atoms with Crippen LogP contribution in [0, 0.1) is 0 Å². The van der Waals surface area contributed by atoms with Crippen molar-refractivity contribution in [2.24, 2.45) is 0 Å². The topological polar surface area (TPSA) is 63.3 Å². The Morgan fingerprint density at radius 1 is 1.15 bits per heavy atom. The predicted octanol–water partition coefficient (Wildman–Crippen LogP) is 4.15. The van der Waals surface area contributed by atoms with Crippen molar-refractivity contribution in [3.05, 3.63) is 35.5 Å². The number of methoxy groups -OCH3 is 1. The highest BCUT2D eigenvalue weighted by atomic mass is 35.5. The van der Waals surface area contributed by atoms with Gasteiger partial charge in [-0.1, -0.05) is 18.0 Å². The number of halogens is 1. The van der Waals surface area contributed by atoms with Gasteiger partial charge in [0.15, 0.2) is 16.9 Å². The van der Waals surface area contributed by atoms with Gasteiger partial charge in [0.1, 0.15) is 23.2 Å². The summed E-state index contributed by atoms with van der Waals surface area (Å²) in [6, 6.07) is 7.91. The second kappa shape index (κ2) is 8.15. The molecule has 1 aromatic carbocycles. The van der Waals surface area contributed by atoms with E-state index in [1.807, 2.05) is 24.3 Å². The SMILES string of the molecule is COc1c(Cl)cnc2[nH]c(-c3ccc(OCCN4CCCCC4)cc3)nc12. The zero-order valence-electron chi connectivity index (χ0n) is 15.4. The minimum absolute atomic E-state index is 0.445. The van der Waals surface area contributed by atoms with Crippen molar-refractivity contribution in [3.8, 4) is 22.9 Å². The van der Waals surface area contributed by atoms with E-state index in [1.54, 1.807) is 13.3 Å². The third-order valence-electron chi connectivity index (χ3n) is 4.88. The fraction of sp³-hybridized carbons (Fsp3) is 0.400. The van der Waals surface area contributed by atoms with Crippen molar-refractivity contribution in [2.45, 2.75) is 19.3 Å². The van der Waals surface area contributed by atoms with E-state index in [0.717, 1.165) is 23.7 Å². The average molecular weight is 387 g/mol. The first-order chi connectivity index (χ1) is 13.2. The Balaban J connectivity index is 1.43. The first-order valence-corrected chi connectivity index (χ1v) is 9.66. The molecule has 27 heavy (non-hydrogen) atoms. The number of fused-ring (bicyclic) bond motifs is 1. The minimum Gasteiger partial charge on any atom is -0.493 e. The number of likely N-dealkylation sites (tertiary alicyclic amines) is 1. The summed E-state index contributed by atoms with van der Waals surface area (Å²) in [7, 11) is 1.57. The number of ether oxygens (including phenoxy) is 2. The zero-order chi connectivity index (χ0) is 18.6. The van der Waals surface area contributed by atoms with Crippen LogP contribution < -0.4 is 9.47 Å². The Labute approximate surface area is 163 Å². The number of nitrogens with one attached hydrogen (secondary N) is 1. The molecule has 3 heterocycles. The number of benzene rings is 1. The molecule has 4 rings (SSSR count). The summed E-state index contributed by atoms with van der Waals surface area (Å²) < 4.78 is 11.2. The van der Waals surface area contributed by atoms with Gasteiger partial charge in [-0.15, -0.1) is 0 Å². The normalized spacial score (nSPS) is 15.2. The highest BCUT2D eigenvalue weighted by Crippen LogP contribution is 2.32. The molecule has 2 aromatic heterocycles. The van der Waals surface area contributed by atoms with Gasteiger partial charge < -0.3 is 14.5 Å². The van der Waals surface area contributed by atoms with Crippen molar-refractivity contribution >= 4 is 22.8 Å². The molecule has 142 valence electrons. The molecule has 0 bridgehead atoms. The van der Waals surface area contributed by atoms with Crippen LogP contribution in [0.15, 0.2) is 30.5 Å². The Hall–Kier alpha value is -2.31. The van der Waals surface area contributed by atoms with Crippen LogP contribution in [0.5, 0.6) is 11.5 Å². The van der Waals surface area contributed by atoms with Crippen molar-refractivity contribution in [2.75, 3.05) is 33.4 Å². The summed E-state index contributed by atoms with van der Waals surface area (Å²) in [6.07, 6.45) is 5.52. The van der Waals surface area contributed by atoms with Crippen LogP contribution in [-0.2, 0) is 0 Å². The number of imidazole rings is 1. The smallest absolute Gasteiger partial charge is 0.168 e. The molecule has 1 N–H and O–H groups in total. The van der Waals surface area contributed by atoms with E-state index in [4.69, 9.17) is 21.1 Å². The molecule has 3 aromatic rings. The maximum absolute atomic E-state index is 6.12. The second-order valence-electron chi connectivity index (χ2n) is 6.70. The standard InChI is InChI=1S/C20H23ClN4O2/c1-26-18-16(21)13-22-20-17(18)23-19(24-20)14-5-7-15(8-6-14)27-12-11-25-9-3-2-4-10-25/h5-8,13H,2-4,9-12H2,1H3,(H,22,23,24). The molecule has 6 nitrogen and oxygen atoms in total. The molecular weight excluding hydrogens is 364 g/mol. The zero-order valence-corrected chi connectivity index (χ0v) is 16.1. The minimum atomic E-state index is 0.445. The van der Waals surface area contributed by atoms with Crippen LogP contribution in [-0.4, -0.2) is 53.2 Å². The molecule has 0 atom stereocenters. The molecule has 0 spiro atoms. The summed E-state index contributed by atoms with van der Waals surface area (Å²) in [5.41, 5.74) is 2.23. The van der Waals surface area contributed by atoms with Gasteiger partial charge in [0.25, 0.3) is 0 Å². The van der Waals surface area contributed by atoms with Gasteiger partial charge in [-0.05, 0) is 50.2 Å². The maximum Gasteiger partial charge on any atom is 0.168 e. The average Bonchev–Trinajstić information content (AvgIpc) is 3.13. The molecule has 0 unspecified atom stereocenters. The number of hydrogen-bond donors (Lipinski definition) is 1. The number of rotatable bonds is 6. The number of nitrogens with zero attached hydrogens (tertiary/aromatic N) is 3. The van der Waals surface area contributed by atoms with E-state index in [9.17, 15) is 0 Å². The van der Waals surface area contributed by atoms with Crippen LogP contribution in [0.25, 0.3) is 22.6 Å². The summed E-state index contributed by atoms with van der Waals surface area (Å²) in [4.78, 5) is 14.6. The fourth-order valence-corrected chi connectivity index (χ4v) is 3.64. The molecule has 0 radical (unpaired) electrons. The molecular formula is C20H23ClN4O2. The van der Waals surface area contributed by atoms with E-state index in [0.29, 0.717) is 28.5 Å². The van der Waals surface area contributed by atoms with Gasteiger partial charge in [0.05, 0.1) is 13.3 Å². The fourth-order valence-electron chi connectivity index (χ4n) is 3.42. The van der Waals surface area contributed by atoms with Gasteiger partial charge in [-0.2, -0.15) is 0 Å². The van der Waals surface area contributed by atoms with Crippen molar-refractivity contribution in [1.29, 1.82) is 0 Å².